The van der Waals surface area contributed by atoms with Crippen LogP contribution in [0.1, 0.15) is 11.5 Å². The zero-order valence-corrected chi connectivity index (χ0v) is 6.79. The average Bonchev–Trinajstić information content (AvgIpc) is 2.01. The van der Waals surface area contributed by atoms with E-state index < -0.39 is 0 Å². The molecule has 0 aliphatic heterocycles. The maximum Gasteiger partial charge on any atom is 0.130 e. The van der Waals surface area contributed by atoms with E-state index in [4.69, 9.17) is 4.74 Å². The van der Waals surface area contributed by atoms with E-state index in [-0.39, 0.29) is 0 Å². The third-order valence-electron chi connectivity index (χ3n) is 1.31. The predicted molar refractivity (Wildman–Crippen MR) is 41.2 cm³/mol. The molecule has 0 saturated carbocycles. The van der Waals surface area contributed by atoms with Crippen molar-refractivity contribution >= 4 is 0 Å². The zero-order chi connectivity index (χ0) is 8.10. The molecule has 0 aliphatic rings. The van der Waals surface area contributed by atoms with E-state index in [1.807, 2.05) is 6.92 Å². The van der Waals surface area contributed by atoms with Gasteiger partial charge >= 0.3 is 0 Å². The van der Waals surface area contributed by atoms with Gasteiger partial charge in [-0.05, 0) is 6.92 Å². The van der Waals surface area contributed by atoms with Crippen LogP contribution in [0.15, 0.2) is 6.20 Å². The molecule has 0 aliphatic carbocycles. The first-order chi connectivity index (χ1) is 5.33. The number of nitrogens with zero attached hydrogens (tertiary/aromatic N) is 2. The maximum atomic E-state index is 4.90. The summed E-state index contributed by atoms with van der Waals surface area (Å²) in [6.45, 7) is 2.57. The average molecular weight is 151 g/mol. The Morgan fingerprint density at radius 1 is 1.64 bits per heavy atom. The molecule has 0 atom stereocenters. The van der Waals surface area contributed by atoms with Gasteiger partial charge in [-0.1, -0.05) is 0 Å². The molecule has 0 amide bonds. The number of hydrogen-bond donors (Lipinski definition) is 0. The summed E-state index contributed by atoms with van der Waals surface area (Å²) in [7, 11) is 1.67. The molecular formula is C8H11N2O. The van der Waals surface area contributed by atoms with Crippen LogP contribution >= 0.6 is 0 Å². The zero-order valence-electron chi connectivity index (χ0n) is 6.79. The molecule has 0 spiro atoms. The SMILES string of the molecule is COCCc1nc[c]c(C)n1. The highest BCUT2D eigenvalue weighted by atomic mass is 16.5. The second-order valence-electron chi connectivity index (χ2n) is 2.26. The molecule has 59 valence electrons. The van der Waals surface area contributed by atoms with Gasteiger partial charge in [-0.2, -0.15) is 0 Å². The van der Waals surface area contributed by atoms with Crippen molar-refractivity contribution in [2.75, 3.05) is 13.7 Å². The van der Waals surface area contributed by atoms with Gasteiger partial charge in [0.25, 0.3) is 0 Å². The Labute approximate surface area is 66.4 Å². The Balaban J connectivity index is 2.56. The Hall–Kier alpha value is -0.960. The van der Waals surface area contributed by atoms with Crippen LogP contribution in [0.25, 0.3) is 0 Å². The van der Waals surface area contributed by atoms with Crippen molar-refractivity contribution in [3.05, 3.63) is 23.8 Å². The minimum atomic E-state index is 0.670. The van der Waals surface area contributed by atoms with E-state index in [1.165, 1.54) is 0 Å². The fourth-order valence-electron chi connectivity index (χ4n) is 0.769. The van der Waals surface area contributed by atoms with E-state index in [2.05, 4.69) is 16.0 Å². The van der Waals surface area contributed by atoms with Gasteiger partial charge in [0.2, 0.25) is 0 Å². The molecule has 0 aromatic carbocycles. The van der Waals surface area contributed by atoms with Gasteiger partial charge in [0, 0.05) is 31.5 Å². The summed E-state index contributed by atoms with van der Waals surface area (Å²) in [5.74, 6) is 0.822. The summed E-state index contributed by atoms with van der Waals surface area (Å²) in [5.41, 5.74) is 0.881. The molecule has 1 heterocycles. The Morgan fingerprint density at radius 3 is 3.09 bits per heavy atom. The van der Waals surface area contributed by atoms with E-state index in [0.29, 0.717) is 6.61 Å². The lowest BCUT2D eigenvalue weighted by molar-refractivity contribution is 0.200. The van der Waals surface area contributed by atoms with E-state index in [9.17, 15) is 0 Å². The van der Waals surface area contributed by atoms with Crippen LogP contribution in [0.4, 0.5) is 0 Å². The Morgan fingerprint density at radius 2 is 2.45 bits per heavy atom. The molecule has 3 heteroatoms. The number of rotatable bonds is 3. The molecular weight excluding hydrogens is 140 g/mol. The van der Waals surface area contributed by atoms with Crippen molar-refractivity contribution in [2.45, 2.75) is 13.3 Å². The fraction of sp³-hybridized carbons (Fsp3) is 0.500. The van der Waals surface area contributed by atoms with Crippen molar-refractivity contribution in [3.8, 4) is 0 Å². The first kappa shape index (κ1) is 8.14. The second-order valence-corrected chi connectivity index (χ2v) is 2.26. The summed E-state index contributed by atoms with van der Waals surface area (Å²) in [6, 6.07) is 2.89. The van der Waals surface area contributed by atoms with Gasteiger partial charge in [0.15, 0.2) is 0 Å². The normalized spacial score (nSPS) is 10.0. The highest BCUT2D eigenvalue weighted by Gasteiger charge is 1.94. The number of methoxy groups -OCH3 is 1. The molecule has 1 radical (unpaired) electrons. The standard InChI is InChI=1S/C8H11N2O/c1-7-3-5-9-8(10-7)4-6-11-2/h5H,4,6H2,1-2H3. The van der Waals surface area contributed by atoms with Crippen molar-refractivity contribution in [2.24, 2.45) is 0 Å². The Bertz CT molecular complexity index is 225. The summed E-state index contributed by atoms with van der Waals surface area (Å²) >= 11 is 0. The molecule has 0 unspecified atom stereocenters. The van der Waals surface area contributed by atoms with Gasteiger partial charge in [-0.3, -0.25) is 0 Å². The van der Waals surface area contributed by atoms with Crippen molar-refractivity contribution < 1.29 is 4.74 Å². The van der Waals surface area contributed by atoms with Crippen LogP contribution in [0.5, 0.6) is 0 Å². The topological polar surface area (TPSA) is 35.0 Å². The number of hydrogen-bond acceptors (Lipinski definition) is 3. The molecule has 11 heavy (non-hydrogen) atoms. The van der Waals surface area contributed by atoms with E-state index in [0.717, 1.165) is 17.9 Å². The maximum absolute atomic E-state index is 4.90. The Kier molecular flexibility index (Phi) is 2.98. The lowest BCUT2D eigenvalue weighted by Gasteiger charge is -1.98. The smallest absolute Gasteiger partial charge is 0.130 e. The number of ether oxygens (including phenoxy) is 1. The molecule has 3 nitrogen and oxygen atoms in total. The highest BCUT2D eigenvalue weighted by molar-refractivity contribution is 4.97. The summed E-state index contributed by atoms with van der Waals surface area (Å²) in [6.07, 6.45) is 2.42. The van der Waals surface area contributed by atoms with Crippen molar-refractivity contribution in [1.29, 1.82) is 0 Å². The fourth-order valence-corrected chi connectivity index (χ4v) is 0.769. The van der Waals surface area contributed by atoms with Gasteiger partial charge in [0.1, 0.15) is 5.82 Å². The predicted octanol–water partition coefficient (Wildman–Crippen LogP) is 0.774. The van der Waals surface area contributed by atoms with Crippen molar-refractivity contribution in [1.82, 2.24) is 9.97 Å². The van der Waals surface area contributed by atoms with Crippen molar-refractivity contribution in [3.63, 3.8) is 0 Å². The molecule has 0 bridgehead atoms. The largest absolute Gasteiger partial charge is 0.384 e. The molecule has 0 fully saturated rings. The van der Waals surface area contributed by atoms with Gasteiger partial charge in [-0.25, -0.2) is 9.97 Å². The lowest BCUT2D eigenvalue weighted by atomic mass is 10.4. The minimum Gasteiger partial charge on any atom is -0.384 e. The first-order valence-electron chi connectivity index (χ1n) is 3.52. The minimum absolute atomic E-state index is 0.670. The molecule has 0 saturated heterocycles. The summed E-state index contributed by atoms with van der Waals surface area (Å²) in [5, 5.41) is 0. The third-order valence-corrected chi connectivity index (χ3v) is 1.31. The number of aryl methyl sites for hydroxylation is 1. The number of aromatic nitrogens is 2. The molecule has 0 N–H and O–H groups in total. The van der Waals surface area contributed by atoms with Crippen LogP contribution in [0, 0.1) is 13.0 Å². The van der Waals surface area contributed by atoms with Gasteiger partial charge < -0.3 is 4.74 Å². The quantitative estimate of drug-likeness (QED) is 0.640. The van der Waals surface area contributed by atoms with Crippen LogP contribution in [-0.4, -0.2) is 23.7 Å². The first-order valence-corrected chi connectivity index (χ1v) is 3.52. The molecule has 1 aromatic rings. The third kappa shape index (κ3) is 2.63. The van der Waals surface area contributed by atoms with Crippen LogP contribution in [0.2, 0.25) is 0 Å². The molecule has 1 rings (SSSR count). The van der Waals surface area contributed by atoms with Crippen LogP contribution in [0.3, 0.4) is 0 Å². The summed E-state index contributed by atoms with van der Waals surface area (Å²) in [4.78, 5) is 8.19. The molecule has 1 aromatic heterocycles. The van der Waals surface area contributed by atoms with Crippen LogP contribution in [-0.2, 0) is 11.2 Å². The lowest BCUT2D eigenvalue weighted by Crippen LogP contribution is -2.00. The second kappa shape index (κ2) is 4.03. The van der Waals surface area contributed by atoms with Gasteiger partial charge in [0.05, 0.1) is 6.61 Å². The van der Waals surface area contributed by atoms with Gasteiger partial charge in [-0.15, -0.1) is 0 Å². The summed E-state index contributed by atoms with van der Waals surface area (Å²) < 4.78 is 4.90. The monoisotopic (exact) mass is 151 g/mol. The highest BCUT2D eigenvalue weighted by Crippen LogP contribution is 1.93. The van der Waals surface area contributed by atoms with E-state index in [1.54, 1.807) is 13.3 Å². The van der Waals surface area contributed by atoms with E-state index >= 15 is 0 Å². The van der Waals surface area contributed by atoms with Crippen LogP contribution < -0.4 is 0 Å².